The maximum absolute atomic E-state index is 12.0. The van der Waals surface area contributed by atoms with E-state index in [4.69, 9.17) is 4.74 Å². The van der Waals surface area contributed by atoms with E-state index in [1.54, 1.807) is 19.2 Å². The minimum absolute atomic E-state index is 0.0474. The summed E-state index contributed by atoms with van der Waals surface area (Å²) >= 11 is 0. The predicted molar refractivity (Wildman–Crippen MR) is 90.7 cm³/mol. The van der Waals surface area contributed by atoms with Gasteiger partial charge in [0.1, 0.15) is 5.75 Å². The van der Waals surface area contributed by atoms with Gasteiger partial charge in [-0.3, -0.25) is 9.59 Å². The Morgan fingerprint density at radius 2 is 1.71 bits per heavy atom. The number of carbonyl (C=O) groups is 2. The van der Waals surface area contributed by atoms with Crippen molar-refractivity contribution in [3.63, 3.8) is 0 Å². The molecule has 0 saturated carbocycles. The third kappa shape index (κ3) is 5.43. The number of carboxylic acid groups (broad SMARTS) is 1. The van der Waals surface area contributed by atoms with Crippen molar-refractivity contribution in [2.45, 2.75) is 19.4 Å². The number of carbonyl (C=O) groups excluding carboxylic acids is 1. The Hall–Kier alpha value is -2.82. The highest BCUT2D eigenvalue weighted by molar-refractivity contribution is 5.82. The van der Waals surface area contributed by atoms with Crippen LogP contribution >= 0.6 is 0 Å². The van der Waals surface area contributed by atoms with Crippen LogP contribution in [-0.2, 0) is 22.6 Å². The molecule has 0 aliphatic heterocycles. The van der Waals surface area contributed by atoms with E-state index in [1.807, 2.05) is 42.5 Å². The molecule has 0 aromatic heterocycles. The molecule has 2 aromatic rings. The molecule has 1 atom stereocenters. The van der Waals surface area contributed by atoms with Crippen LogP contribution in [0.1, 0.15) is 17.5 Å². The van der Waals surface area contributed by atoms with Crippen LogP contribution in [0.25, 0.3) is 0 Å². The Morgan fingerprint density at radius 3 is 2.29 bits per heavy atom. The summed E-state index contributed by atoms with van der Waals surface area (Å²) in [6, 6.07) is 16.7. The lowest BCUT2D eigenvalue weighted by Gasteiger charge is -2.13. The molecule has 5 heteroatoms. The summed E-state index contributed by atoms with van der Waals surface area (Å²) in [6.07, 6.45) is 0.256. The summed E-state index contributed by atoms with van der Waals surface area (Å²) < 4.78 is 5.08. The van der Waals surface area contributed by atoms with Crippen molar-refractivity contribution in [2.75, 3.05) is 7.11 Å². The van der Waals surface area contributed by atoms with Crippen molar-refractivity contribution < 1.29 is 19.4 Å². The van der Waals surface area contributed by atoms with E-state index in [0.29, 0.717) is 18.7 Å². The van der Waals surface area contributed by atoms with Crippen LogP contribution in [0.15, 0.2) is 54.6 Å². The van der Waals surface area contributed by atoms with Gasteiger partial charge in [0.25, 0.3) is 0 Å². The highest BCUT2D eigenvalue weighted by Gasteiger charge is 2.21. The lowest BCUT2D eigenvalue weighted by molar-refractivity contribution is -0.144. The van der Waals surface area contributed by atoms with Gasteiger partial charge in [-0.05, 0) is 29.7 Å². The molecule has 1 amide bonds. The van der Waals surface area contributed by atoms with E-state index in [-0.39, 0.29) is 12.3 Å². The number of nitrogens with one attached hydrogen (secondary N) is 1. The zero-order valence-corrected chi connectivity index (χ0v) is 13.6. The molecule has 0 fully saturated rings. The average Bonchev–Trinajstić information content (AvgIpc) is 2.61. The number of hydrogen-bond acceptors (Lipinski definition) is 3. The summed E-state index contributed by atoms with van der Waals surface area (Å²) in [5.41, 5.74) is 1.84. The van der Waals surface area contributed by atoms with Crippen molar-refractivity contribution >= 4 is 11.9 Å². The Morgan fingerprint density at radius 1 is 1.04 bits per heavy atom. The molecule has 126 valence electrons. The van der Waals surface area contributed by atoms with E-state index >= 15 is 0 Å². The van der Waals surface area contributed by atoms with Crippen LogP contribution in [-0.4, -0.2) is 24.1 Å². The molecule has 0 aliphatic rings. The standard InChI is InChI=1S/C19H21NO4/c1-24-17-9-7-14(8-10-17)11-16(19(22)23)12-18(21)20-13-15-5-3-2-4-6-15/h2-10,16H,11-13H2,1H3,(H,20,21)(H,22,23). The molecule has 0 saturated heterocycles. The van der Waals surface area contributed by atoms with Crippen LogP contribution in [0.4, 0.5) is 0 Å². The zero-order valence-electron chi connectivity index (χ0n) is 13.6. The van der Waals surface area contributed by atoms with Crippen LogP contribution in [0, 0.1) is 5.92 Å². The minimum Gasteiger partial charge on any atom is -0.497 e. The topological polar surface area (TPSA) is 75.6 Å². The molecular weight excluding hydrogens is 306 g/mol. The molecule has 2 N–H and O–H groups in total. The average molecular weight is 327 g/mol. The third-order valence-electron chi connectivity index (χ3n) is 3.75. The fourth-order valence-electron chi connectivity index (χ4n) is 2.39. The number of carboxylic acids is 1. The first kappa shape index (κ1) is 17.5. The monoisotopic (exact) mass is 327 g/mol. The van der Waals surface area contributed by atoms with Gasteiger partial charge in [0.2, 0.25) is 5.91 Å². The second kappa shape index (κ2) is 8.72. The zero-order chi connectivity index (χ0) is 17.4. The molecule has 0 bridgehead atoms. The van der Waals surface area contributed by atoms with Gasteiger partial charge in [0.05, 0.1) is 13.0 Å². The molecule has 0 aliphatic carbocycles. The molecule has 2 rings (SSSR count). The lowest BCUT2D eigenvalue weighted by Crippen LogP contribution is -2.29. The predicted octanol–water partition coefficient (Wildman–Crippen LogP) is 2.65. The Labute approximate surface area is 141 Å². The number of hydrogen-bond donors (Lipinski definition) is 2. The summed E-state index contributed by atoms with van der Waals surface area (Å²) in [6.45, 7) is 0.397. The van der Waals surface area contributed by atoms with Crippen molar-refractivity contribution in [1.29, 1.82) is 0 Å². The normalized spacial score (nSPS) is 11.5. The molecule has 0 radical (unpaired) electrons. The fourth-order valence-corrected chi connectivity index (χ4v) is 2.39. The number of amides is 1. The first-order valence-electron chi connectivity index (χ1n) is 7.75. The van der Waals surface area contributed by atoms with Gasteiger partial charge in [-0.1, -0.05) is 42.5 Å². The number of rotatable bonds is 8. The van der Waals surface area contributed by atoms with Gasteiger partial charge in [-0.2, -0.15) is 0 Å². The summed E-state index contributed by atoms with van der Waals surface area (Å²) in [5.74, 6) is -1.28. The first-order chi connectivity index (χ1) is 11.6. The molecule has 24 heavy (non-hydrogen) atoms. The summed E-state index contributed by atoms with van der Waals surface area (Å²) in [7, 11) is 1.58. The van der Waals surface area contributed by atoms with Crippen molar-refractivity contribution in [3.8, 4) is 5.75 Å². The highest BCUT2D eigenvalue weighted by atomic mass is 16.5. The van der Waals surface area contributed by atoms with Crippen LogP contribution in [0.5, 0.6) is 5.75 Å². The van der Waals surface area contributed by atoms with Crippen molar-refractivity contribution in [1.82, 2.24) is 5.32 Å². The third-order valence-corrected chi connectivity index (χ3v) is 3.75. The molecular formula is C19H21NO4. The second-order valence-corrected chi connectivity index (χ2v) is 5.55. The van der Waals surface area contributed by atoms with Crippen LogP contribution < -0.4 is 10.1 Å². The van der Waals surface area contributed by atoms with Crippen molar-refractivity contribution in [2.24, 2.45) is 5.92 Å². The van der Waals surface area contributed by atoms with E-state index in [2.05, 4.69) is 5.32 Å². The minimum atomic E-state index is -0.972. The van der Waals surface area contributed by atoms with Crippen LogP contribution in [0.2, 0.25) is 0 Å². The maximum Gasteiger partial charge on any atom is 0.307 e. The molecule has 0 spiro atoms. The van der Waals surface area contributed by atoms with Gasteiger partial charge < -0.3 is 15.2 Å². The summed E-state index contributed by atoms with van der Waals surface area (Å²) in [4.78, 5) is 23.5. The first-order valence-corrected chi connectivity index (χ1v) is 7.75. The van der Waals surface area contributed by atoms with E-state index in [1.165, 1.54) is 0 Å². The second-order valence-electron chi connectivity index (χ2n) is 5.55. The SMILES string of the molecule is COc1ccc(CC(CC(=O)NCc2ccccc2)C(=O)O)cc1. The number of ether oxygens (including phenoxy) is 1. The van der Waals surface area contributed by atoms with Gasteiger partial charge >= 0.3 is 5.97 Å². The molecule has 2 aromatic carbocycles. The Bertz CT molecular complexity index is 668. The van der Waals surface area contributed by atoms with Gasteiger partial charge in [-0.25, -0.2) is 0 Å². The molecule has 0 heterocycles. The maximum atomic E-state index is 12.0. The van der Waals surface area contributed by atoms with Gasteiger partial charge in [0.15, 0.2) is 0 Å². The van der Waals surface area contributed by atoms with Crippen molar-refractivity contribution in [3.05, 3.63) is 65.7 Å². The smallest absolute Gasteiger partial charge is 0.307 e. The number of methoxy groups -OCH3 is 1. The number of aliphatic carboxylic acids is 1. The van der Waals surface area contributed by atoms with E-state index in [0.717, 1.165) is 11.1 Å². The largest absolute Gasteiger partial charge is 0.497 e. The molecule has 5 nitrogen and oxygen atoms in total. The van der Waals surface area contributed by atoms with Gasteiger partial charge in [-0.15, -0.1) is 0 Å². The quantitative estimate of drug-likeness (QED) is 0.781. The highest BCUT2D eigenvalue weighted by Crippen LogP contribution is 2.17. The lowest BCUT2D eigenvalue weighted by atomic mass is 9.96. The number of benzene rings is 2. The van der Waals surface area contributed by atoms with E-state index < -0.39 is 11.9 Å². The Kier molecular flexibility index (Phi) is 6.37. The Balaban J connectivity index is 1.90. The van der Waals surface area contributed by atoms with E-state index in [9.17, 15) is 14.7 Å². The van der Waals surface area contributed by atoms with Crippen LogP contribution in [0.3, 0.4) is 0 Å². The fraction of sp³-hybridized carbons (Fsp3) is 0.263. The molecule has 1 unspecified atom stereocenters. The summed E-state index contributed by atoms with van der Waals surface area (Å²) in [5, 5.41) is 12.1. The van der Waals surface area contributed by atoms with Gasteiger partial charge in [0, 0.05) is 13.0 Å².